The van der Waals surface area contributed by atoms with E-state index < -0.39 is 5.56 Å². The summed E-state index contributed by atoms with van der Waals surface area (Å²) in [6.07, 6.45) is 2.92. The fourth-order valence-electron chi connectivity index (χ4n) is 3.28. The third-order valence-corrected chi connectivity index (χ3v) is 4.72. The number of hydrogen-bond donors (Lipinski definition) is 3. The van der Waals surface area contributed by atoms with Crippen molar-refractivity contribution in [3.8, 4) is 5.88 Å². The summed E-state index contributed by atoms with van der Waals surface area (Å²) in [5.41, 5.74) is 2.50. The maximum Gasteiger partial charge on any atom is 0.305 e. The molecule has 2 aromatic heterocycles. The zero-order valence-electron chi connectivity index (χ0n) is 14.6. The molecule has 0 saturated carbocycles. The van der Waals surface area contributed by atoms with Gasteiger partial charge in [0.1, 0.15) is 11.4 Å². The van der Waals surface area contributed by atoms with Crippen molar-refractivity contribution in [1.29, 1.82) is 0 Å². The highest BCUT2D eigenvalue weighted by molar-refractivity contribution is 5.83. The number of hydrogen-bond acceptors (Lipinski definition) is 4. The lowest BCUT2D eigenvalue weighted by Gasteiger charge is -2.10. The Morgan fingerprint density at radius 3 is 2.56 bits per heavy atom. The zero-order chi connectivity index (χ0) is 18.8. The predicted molar refractivity (Wildman–Crippen MR) is 102 cm³/mol. The summed E-state index contributed by atoms with van der Waals surface area (Å²) < 4.78 is 0.523. The van der Waals surface area contributed by atoms with Gasteiger partial charge in [-0.1, -0.05) is 48.5 Å². The summed E-state index contributed by atoms with van der Waals surface area (Å²) in [4.78, 5) is 19.8. The minimum atomic E-state index is -0.610. The van der Waals surface area contributed by atoms with Gasteiger partial charge in [-0.15, -0.1) is 4.73 Å². The van der Waals surface area contributed by atoms with Gasteiger partial charge in [0, 0.05) is 29.9 Å². The molecule has 2 heterocycles. The first-order chi connectivity index (χ1) is 13.1. The molecular formula is C21H19N3O3. The van der Waals surface area contributed by atoms with Crippen LogP contribution >= 0.6 is 0 Å². The highest BCUT2D eigenvalue weighted by Gasteiger charge is 2.17. The molecule has 0 aliphatic rings. The molecule has 27 heavy (non-hydrogen) atoms. The van der Waals surface area contributed by atoms with Crippen molar-refractivity contribution in [3.05, 3.63) is 93.7 Å². The van der Waals surface area contributed by atoms with Gasteiger partial charge in [-0.2, -0.15) is 0 Å². The maximum absolute atomic E-state index is 12.5. The number of H-pyrrole nitrogens is 1. The van der Waals surface area contributed by atoms with E-state index in [0.717, 1.165) is 22.0 Å². The molecule has 2 aromatic carbocycles. The van der Waals surface area contributed by atoms with Crippen LogP contribution in [0.4, 0.5) is 0 Å². The Morgan fingerprint density at radius 2 is 1.74 bits per heavy atom. The van der Waals surface area contributed by atoms with Crippen LogP contribution in [0.15, 0.2) is 65.6 Å². The summed E-state index contributed by atoms with van der Waals surface area (Å²) in [5, 5.41) is 21.5. The number of aromatic amines is 1. The first-order valence-corrected chi connectivity index (χ1v) is 8.75. The van der Waals surface area contributed by atoms with Crippen LogP contribution in [0.5, 0.6) is 5.88 Å². The Morgan fingerprint density at radius 1 is 1.00 bits per heavy atom. The monoisotopic (exact) mass is 361 g/mol. The fourth-order valence-corrected chi connectivity index (χ4v) is 3.28. The van der Waals surface area contributed by atoms with E-state index in [1.165, 1.54) is 0 Å². The Labute approximate surface area is 155 Å². The van der Waals surface area contributed by atoms with E-state index in [9.17, 15) is 15.1 Å². The van der Waals surface area contributed by atoms with Crippen LogP contribution < -0.4 is 5.56 Å². The number of fused-ring (bicyclic) bond motifs is 1. The minimum Gasteiger partial charge on any atom is -0.492 e. The van der Waals surface area contributed by atoms with Crippen LogP contribution in [-0.4, -0.2) is 25.0 Å². The lowest BCUT2D eigenvalue weighted by atomic mass is 10.1. The highest BCUT2D eigenvalue weighted by atomic mass is 16.5. The molecule has 6 nitrogen and oxygen atoms in total. The van der Waals surface area contributed by atoms with Crippen molar-refractivity contribution in [1.82, 2.24) is 14.7 Å². The SMILES string of the molecule is O=c1c(Cc2c[nH]c3ccccc23)nc(O)c(CCc2ccccc2)n1O. The van der Waals surface area contributed by atoms with Gasteiger partial charge in [0.05, 0.1) is 0 Å². The fraction of sp³-hybridized carbons (Fsp3) is 0.143. The van der Waals surface area contributed by atoms with Crippen molar-refractivity contribution in [3.63, 3.8) is 0 Å². The van der Waals surface area contributed by atoms with E-state index in [4.69, 9.17) is 0 Å². The van der Waals surface area contributed by atoms with Crippen LogP contribution in [0.1, 0.15) is 22.5 Å². The van der Waals surface area contributed by atoms with Crippen LogP contribution in [0.3, 0.4) is 0 Å². The zero-order valence-corrected chi connectivity index (χ0v) is 14.6. The number of nitrogens with zero attached hydrogens (tertiary/aromatic N) is 2. The second kappa shape index (κ2) is 6.99. The lowest BCUT2D eigenvalue weighted by molar-refractivity contribution is 0.157. The number of aromatic hydroxyl groups is 1. The van der Waals surface area contributed by atoms with Gasteiger partial charge in [0.2, 0.25) is 5.88 Å². The molecule has 136 valence electrons. The highest BCUT2D eigenvalue weighted by Crippen LogP contribution is 2.21. The molecule has 4 aromatic rings. The molecule has 3 N–H and O–H groups in total. The molecule has 0 radical (unpaired) electrons. The molecule has 0 aliphatic carbocycles. The third-order valence-electron chi connectivity index (χ3n) is 4.72. The third kappa shape index (κ3) is 3.29. The number of benzene rings is 2. The van der Waals surface area contributed by atoms with Gasteiger partial charge in [-0.3, -0.25) is 4.79 Å². The van der Waals surface area contributed by atoms with E-state index in [1.807, 2.05) is 60.8 Å². The van der Waals surface area contributed by atoms with Crippen LogP contribution in [0.2, 0.25) is 0 Å². The first-order valence-electron chi connectivity index (χ1n) is 8.75. The summed E-state index contributed by atoms with van der Waals surface area (Å²) in [6, 6.07) is 17.4. The second-order valence-corrected chi connectivity index (χ2v) is 6.47. The molecule has 0 bridgehead atoms. The van der Waals surface area contributed by atoms with Gasteiger partial charge >= 0.3 is 5.56 Å². The average molecular weight is 361 g/mol. The van der Waals surface area contributed by atoms with E-state index >= 15 is 0 Å². The van der Waals surface area contributed by atoms with Gasteiger partial charge < -0.3 is 15.3 Å². The van der Waals surface area contributed by atoms with E-state index in [0.29, 0.717) is 17.6 Å². The first kappa shape index (κ1) is 16.9. The van der Waals surface area contributed by atoms with E-state index in [1.54, 1.807) is 0 Å². The molecule has 0 atom stereocenters. The largest absolute Gasteiger partial charge is 0.492 e. The van der Waals surface area contributed by atoms with Gasteiger partial charge in [0.25, 0.3) is 0 Å². The smallest absolute Gasteiger partial charge is 0.305 e. The Bertz CT molecular complexity index is 1150. The molecular weight excluding hydrogens is 342 g/mol. The van der Waals surface area contributed by atoms with Crippen LogP contribution in [0, 0.1) is 0 Å². The van der Waals surface area contributed by atoms with E-state index in [-0.39, 0.29) is 23.7 Å². The number of rotatable bonds is 5. The summed E-state index contributed by atoms with van der Waals surface area (Å²) in [5.74, 6) is -0.317. The standard InChI is InChI=1S/C21H19N3O3/c25-20-19(11-10-14-6-2-1-3-7-14)24(27)21(26)18(23-20)12-15-13-22-17-9-5-4-8-16(15)17/h1-9,13,22,25,27H,10-12H2. The number of nitrogens with one attached hydrogen (secondary N) is 1. The Balaban J connectivity index is 1.63. The van der Waals surface area contributed by atoms with Crippen molar-refractivity contribution in [2.75, 3.05) is 0 Å². The number of aromatic nitrogens is 3. The molecule has 6 heteroatoms. The van der Waals surface area contributed by atoms with Crippen LogP contribution in [-0.2, 0) is 19.3 Å². The molecule has 0 saturated heterocycles. The molecule has 0 amide bonds. The van der Waals surface area contributed by atoms with Gasteiger partial charge in [-0.25, -0.2) is 4.98 Å². The topological polar surface area (TPSA) is 91.1 Å². The average Bonchev–Trinajstić information content (AvgIpc) is 3.10. The Kier molecular flexibility index (Phi) is 4.38. The summed E-state index contributed by atoms with van der Waals surface area (Å²) in [6.45, 7) is 0. The van der Waals surface area contributed by atoms with Crippen molar-refractivity contribution in [2.45, 2.75) is 19.3 Å². The molecule has 0 fully saturated rings. The molecule has 0 spiro atoms. The van der Waals surface area contributed by atoms with Crippen LogP contribution in [0.25, 0.3) is 10.9 Å². The Hall–Kier alpha value is -3.54. The summed E-state index contributed by atoms with van der Waals surface area (Å²) in [7, 11) is 0. The van der Waals surface area contributed by atoms with Crippen molar-refractivity contribution >= 4 is 10.9 Å². The molecule has 0 unspecified atom stereocenters. The lowest BCUT2D eigenvalue weighted by Crippen LogP contribution is -2.27. The van der Waals surface area contributed by atoms with E-state index in [2.05, 4.69) is 9.97 Å². The molecule has 4 rings (SSSR count). The minimum absolute atomic E-state index is 0.100. The molecule has 0 aliphatic heterocycles. The quantitative estimate of drug-likeness (QED) is 0.477. The summed E-state index contributed by atoms with van der Waals surface area (Å²) >= 11 is 0. The maximum atomic E-state index is 12.5. The normalized spacial score (nSPS) is 11.1. The van der Waals surface area contributed by atoms with Gasteiger partial charge in [-0.05, 0) is 23.6 Å². The van der Waals surface area contributed by atoms with Gasteiger partial charge in [0.15, 0.2) is 0 Å². The van der Waals surface area contributed by atoms with Crippen molar-refractivity contribution in [2.24, 2.45) is 0 Å². The number of para-hydroxylation sites is 1. The van der Waals surface area contributed by atoms with Crippen molar-refractivity contribution < 1.29 is 10.3 Å². The predicted octanol–water partition coefficient (Wildman–Crippen LogP) is 3.04. The number of aryl methyl sites for hydroxylation is 1. The second-order valence-electron chi connectivity index (χ2n) is 6.47.